The molecule has 1 aliphatic rings. The zero-order valence-electron chi connectivity index (χ0n) is 9.05. The number of carbonyl (C=O) groups excluding carboxylic acids is 1. The SMILES string of the molecule is CCOCCCC(=O)NC1CCCC1. The smallest absolute Gasteiger partial charge is 0.220 e. The third kappa shape index (κ3) is 4.61. The summed E-state index contributed by atoms with van der Waals surface area (Å²) in [5, 5.41) is 3.06. The summed E-state index contributed by atoms with van der Waals surface area (Å²) in [5.41, 5.74) is 0. The minimum absolute atomic E-state index is 0.191. The molecular formula is C11H21NO2. The highest BCUT2D eigenvalue weighted by Gasteiger charge is 2.16. The molecular weight excluding hydrogens is 178 g/mol. The van der Waals surface area contributed by atoms with E-state index in [-0.39, 0.29) is 5.91 Å². The van der Waals surface area contributed by atoms with Crippen molar-refractivity contribution in [1.82, 2.24) is 5.32 Å². The van der Waals surface area contributed by atoms with E-state index in [0.717, 1.165) is 25.9 Å². The van der Waals surface area contributed by atoms with Crippen molar-refractivity contribution in [2.24, 2.45) is 0 Å². The van der Waals surface area contributed by atoms with Gasteiger partial charge in [0.05, 0.1) is 0 Å². The van der Waals surface area contributed by atoms with Gasteiger partial charge in [0, 0.05) is 25.7 Å². The Kier molecular flexibility index (Phi) is 5.60. The van der Waals surface area contributed by atoms with Crippen LogP contribution in [-0.2, 0) is 9.53 Å². The minimum atomic E-state index is 0.191. The Morgan fingerprint density at radius 2 is 2.14 bits per heavy atom. The van der Waals surface area contributed by atoms with Gasteiger partial charge in [-0.3, -0.25) is 4.79 Å². The maximum atomic E-state index is 11.4. The summed E-state index contributed by atoms with van der Waals surface area (Å²) in [7, 11) is 0. The van der Waals surface area contributed by atoms with E-state index in [9.17, 15) is 4.79 Å². The van der Waals surface area contributed by atoms with Gasteiger partial charge in [-0.25, -0.2) is 0 Å². The first-order valence-electron chi connectivity index (χ1n) is 5.70. The van der Waals surface area contributed by atoms with Gasteiger partial charge in [0.25, 0.3) is 0 Å². The van der Waals surface area contributed by atoms with Crippen molar-refractivity contribution in [2.75, 3.05) is 13.2 Å². The van der Waals surface area contributed by atoms with Crippen LogP contribution in [0.4, 0.5) is 0 Å². The lowest BCUT2D eigenvalue weighted by Crippen LogP contribution is -2.32. The number of nitrogens with one attached hydrogen (secondary N) is 1. The average Bonchev–Trinajstić information content (AvgIpc) is 2.65. The Hall–Kier alpha value is -0.570. The fourth-order valence-electron chi connectivity index (χ4n) is 1.85. The Morgan fingerprint density at radius 1 is 1.43 bits per heavy atom. The molecule has 0 bridgehead atoms. The monoisotopic (exact) mass is 199 g/mol. The zero-order valence-corrected chi connectivity index (χ0v) is 9.05. The minimum Gasteiger partial charge on any atom is -0.382 e. The van der Waals surface area contributed by atoms with Crippen LogP contribution in [0.5, 0.6) is 0 Å². The van der Waals surface area contributed by atoms with Gasteiger partial charge in [0.15, 0.2) is 0 Å². The molecule has 14 heavy (non-hydrogen) atoms. The average molecular weight is 199 g/mol. The first-order valence-corrected chi connectivity index (χ1v) is 5.70. The van der Waals surface area contributed by atoms with Gasteiger partial charge in [0.1, 0.15) is 0 Å². The largest absolute Gasteiger partial charge is 0.382 e. The predicted molar refractivity (Wildman–Crippen MR) is 56.1 cm³/mol. The summed E-state index contributed by atoms with van der Waals surface area (Å²) < 4.78 is 5.17. The highest BCUT2D eigenvalue weighted by molar-refractivity contribution is 5.76. The molecule has 0 atom stereocenters. The molecule has 1 fully saturated rings. The summed E-state index contributed by atoms with van der Waals surface area (Å²) in [6.07, 6.45) is 6.31. The topological polar surface area (TPSA) is 38.3 Å². The number of amides is 1. The van der Waals surface area contributed by atoms with Crippen LogP contribution in [0.25, 0.3) is 0 Å². The van der Waals surface area contributed by atoms with Crippen molar-refractivity contribution >= 4 is 5.91 Å². The second kappa shape index (κ2) is 6.82. The molecule has 0 aromatic heterocycles. The molecule has 1 rings (SSSR count). The second-order valence-electron chi connectivity index (χ2n) is 3.85. The van der Waals surface area contributed by atoms with E-state index in [2.05, 4.69) is 5.32 Å². The van der Waals surface area contributed by atoms with Crippen LogP contribution >= 0.6 is 0 Å². The zero-order chi connectivity index (χ0) is 10.2. The fraction of sp³-hybridized carbons (Fsp3) is 0.909. The maximum absolute atomic E-state index is 11.4. The first-order chi connectivity index (χ1) is 6.83. The van der Waals surface area contributed by atoms with Crippen LogP contribution in [-0.4, -0.2) is 25.2 Å². The number of carbonyl (C=O) groups is 1. The molecule has 0 spiro atoms. The highest BCUT2D eigenvalue weighted by atomic mass is 16.5. The Labute approximate surface area is 86.2 Å². The Morgan fingerprint density at radius 3 is 2.79 bits per heavy atom. The van der Waals surface area contributed by atoms with Gasteiger partial charge in [-0.1, -0.05) is 12.8 Å². The lowest BCUT2D eigenvalue weighted by molar-refractivity contribution is -0.122. The third-order valence-corrected chi connectivity index (χ3v) is 2.62. The van der Waals surface area contributed by atoms with Gasteiger partial charge in [0.2, 0.25) is 5.91 Å². The molecule has 1 saturated carbocycles. The van der Waals surface area contributed by atoms with Crippen LogP contribution in [0.3, 0.4) is 0 Å². The molecule has 0 aromatic rings. The summed E-state index contributed by atoms with van der Waals surface area (Å²) in [6, 6.07) is 0.453. The quantitative estimate of drug-likeness (QED) is 0.663. The van der Waals surface area contributed by atoms with Crippen molar-refractivity contribution in [3.05, 3.63) is 0 Å². The molecule has 1 aliphatic carbocycles. The van der Waals surface area contributed by atoms with Gasteiger partial charge in [-0.15, -0.1) is 0 Å². The molecule has 1 N–H and O–H groups in total. The van der Waals surface area contributed by atoms with E-state index in [1.165, 1.54) is 12.8 Å². The molecule has 3 nitrogen and oxygen atoms in total. The van der Waals surface area contributed by atoms with Crippen molar-refractivity contribution < 1.29 is 9.53 Å². The highest BCUT2D eigenvalue weighted by Crippen LogP contribution is 2.17. The van der Waals surface area contributed by atoms with Crippen molar-refractivity contribution in [3.8, 4) is 0 Å². The lowest BCUT2D eigenvalue weighted by Gasteiger charge is -2.11. The third-order valence-electron chi connectivity index (χ3n) is 2.62. The summed E-state index contributed by atoms with van der Waals surface area (Å²) in [5.74, 6) is 0.191. The van der Waals surface area contributed by atoms with Crippen LogP contribution < -0.4 is 5.32 Å². The van der Waals surface area contributed by atoms with E-state index in [0.29, 0.717) is 19.1 Å². The van der Waals surface area contributed by atoms with Crippen LogP contribution in [0.2, 0.25) is 0 Å². The van der Waals surface area contributed by atoms with Crippen LogP contribution in [0, 0.1) is 0 Å². The summed E-state index contributed by atoms with van der Waals surface area (Å²) >= 11 is 0. The molecule has 0 saturated heterocycles. The number of ether oxygens (including phenoxy) is 1. The number of hydrogen-bond donors (Lipinski definition) is 1. The molecule has 3 heteroatoms. The normalized spacial score (nSPS) is 17.2. The maximum Gasteiger partial charge on any atom is 0.220 e. The van der Waals surface area contributed by atoms with Crippen LogP contribution in [0.15, 0.2) is 0 Å². The standard InChI is InChI=1S/C11H21NO2/c1-2-14-9-5-8-11(13)12-10-6-3-4-7-10/h10H,2-9H2,1H3,(H,12,13). The summed E-state index contributed by atoms with van der Waals surface area (Å²) in [4.78, 5) is 11.4. The first kappa shape index (κ1) is 11.5. The molecule has 0 heterocycles. The van der Waals surface area contributed by atoms with Crippen molar-refractivity contribution in [2.45, 2.75) is 51.5 Å². The van der Waals surface area contributed by atoms with E-state index >= 15 is 0 Å². The van der Waals surface area contributed by atoms with Crippen LogP contribution in [0.1, 0.15) is 45.4 Å². The second-order valence-corrected chi connectivity index (χ2v) is 3.85. The Bertz CT molecular complexity index is 165. The van der Waals surface area contributed by atoms with E-state index < -0.39 is 0 Å². The summed E-state index contributed by atoms with van der Waals surface area (Å²) in [6.45, 7) is 3.41. The van der Waals surface area contributed by atoms with Crippen molar-refractivity contribution in [1.29, 1.82) is 0 Å². The van der Waals surface area contributed by atoms with E-state index in [1.807, 2.05) is 6.92 Å². The molecule has 0 radical (unpaired) electrons. The van der Waals surface area contributed by atoms with Gasteiger partial charge < -0.3 is 10.1 Å². The molecule has 0 aliphatic heterocycles. The molecule has 0 unspecified atom stereocenters. The number of rotatable bonds is 6. The molecule has 0 aromatic carbocycles. The number of hydrogen-bond acceptors (Lipinski definition) is 2. The molecule has 82 valence electrons. The van der Waals surface area contributed by atoms with E-state index in [1.54, 1.807) is 0 Å². The van der Waals surface area contributed by atoms with Crippen molar-refractivity contribution in [3.63, 3.8) is 0 Å². The Balaban J connectivity index is 1.98. The van der Waals surface area contributed by atoms with E-state index in [4.69, 9.17) is 4.74 Å². The van der Waals surface area contributed by atoms with Gasteiger partial charge >= 0.3 is 0 Å². The van der Waals surface area contributed by atoms with Gasteiger partial charge in [-0.2, -0.15) is 0 Å². The molecule has 1 amide bonds. The lowest BCUT2D eigenvalue weighted by atomic mass is 10.2. The van der Waals surface area contributed by atoms with Gasteiger partial charge in [-0.05, 0) is 26.2 Å². The fourth-order valence-corrected chi connectivity index (χ4v) is 1.85. The predicted octanol–water partition coefficient (Wildman–Crippen LogP) is 1.86.